The van der Waals surface area contributed by atoms with Crippen molar-refractivity contribution in [2.45, 2.75) is 38.9 Å². The van der Waals surface area contributed by atoms with Gasteiger partial charge in [0.2, 0.25) is 0 Å². The van der Waals surface area contributed by atoms with Gasteiger partial charge in [-0.1, -0.05) is 24.3 Å². The van der Waals surface area contributed by atoms with Gasteiger partial charge in [-0.25, -0.2) is 0 Å². The highest BCUT2D eigenvalue weighted by molar-refractivity contribution is 6.27. The Morgan fingerprint density at radius 2 is 1.87 bits per heavy atom. The number of fused-ring (bicyclic) bond motifs is 1. The van der Waals surface area contributed by atoms with Crippen molar-refractivity contribution in [2.75, 3.05) is 6.61 Å². The highest BCUT2D eigenvalue weighted by Gasteiger charge is 2.40. The molecule has 0 saturated carbocycles. The van der Waals surface area contributed by atoms with Gasteiger partial charge in [0.05, 0.1) is 25.2 Å². The maximum atomic E-state index is 12.7. The molecule has 120 valence electrons. The van der Waals surface area contributed by atoms with E-state index in [1.807, 2.05) is 0 Å². The van der Waals surface area contributed by atoms with E-state index in [-0.39, 0.29) is 30.4 Å². The molecule has 1 aromatic carbocycles. The van der Waals surface area contributed by atoms with Crippen molar-refractivity contribution >= 4 is 17.5 Å². The normalized spacial score (nSPS) is 23.4. The zero-order chi connectivity index (χ0) is 16.6. The van der Waals surface area contributed by atoms with Crippen LogP contribution in [-0.2, 0) is 14.3 Å². The van der Waals surface area contributed by atoms with Crippen LogP contribution in [0.3, 0.4) is 0 Å². The van der Waals surface area contributed by atoms with E-state index in [4.69, 9.17) is 9.47 Å². The molecular weight excluding hydrogens is 296 g/mol. The number of benzene rings is 1. The van der Waals surface area contributed by atoms with Crippen LogP contribution in [0.25, 0.3) is 0 Å². The van der Waals surface area contributed by atoms with E-state index in [1.165, 1.54) is 0 Å². The molecule has 2 atom stereocenters. The molecule has 0 bridgehead atoms. The zero-order valence-electron chi connectivity index (χ0n) is 13.1. The number of ether oxygens (including phenoxy) is 2. The largest absolute Gasteiger partial charge is 0.466 e. The minimum atomic E-state index is -0.511. The highest BCUT2D eigenvalue weighted by Crippen LogP contribution is 2.36. The minimum Gasteiger partial charge on any atom is -0.466 e. The Morgan fingerprint density at radius 3 is 2.52 bits per heavy atom. The van der Waals surface area contributed by atoms with Gasteiger partial charge in [-0.15, -0.1) is 0 Å². The standard InChI is InChI=1S/C18H18O5/c1-3-22-15(19)9-11-8-14-16(10(2)23-11)18(21)13-7-5-4-6-12(13)17(14)20/h4-7,10-11H,3,8-9H2,1-2H3/t10-,11+/m1/s1. The van der Waals surface area contributed by atoms with Crippen molar-refractivity contribution in [3.8, 4) is 0 Å². The molecule has 1 aliphatic heterocycles. The molecule has 0 unspecified atom stereocenters. The van der Waals surface area contributed by atoms with Gasteiger partial charge in [0.1, 0.15) is 0 Å². The summed E-state index contributed by atoms with van der Waals surface area (Å²) in [5.74, 6) is -0.653. The molecule has 2 aliphatic rings. The summed E-state index contributed by atoms with van der Waals surface area (Å²) in [5, 5.41) is 0. The average Bonchev–Trinajstić information content (AvgIpc) is 2.52. The van der Waals surface area contributed by atoms with Gasteiger partial charge in [0, 0.05) is 28.7 Å². The lowest BCUT2D eigenvalue weighted by Gasteiger charge is -2.33. The predicted octanol–water partition coefficient (Wildman–Crippen LogP) is 2.49. The smallest absolute Gasteiger partial charge is 0.308 e. The Balaban J connectivity index is 1.91. The highest BCUT2D eigenvalue weighted by atomic mass is 16.5. The molecule has 23 heavy (non-hydrogen) atoms. The van der Waals surface area contributed by atoms with Crippen LogP contribution in [0.4, 0.5) is 0 Å². The number of carbonyl (C=O) groups excluding carboxylic acids is 3. The first-order valence-electron chi connectivity index (χ1n) is 7.75. The topological polar surface area (TPSA) is 69.7 Å². The second-order valence-electron chi connectivity index (χ2n) is 5.71. The summed E-state index contributed by atoms with van der Waals surface area (Å²) in [6.45, 7) is 3.79. The lowest BCUT2D eigenvalue weighted by Crippen LogP contribution is -2.38. The summed E-state index contributed by atoms with van der Waals surface area (Å²) in [5.41, 5.74) is 1.76. The average molecular weight is 314 g/mol. The second kappa shape index (κ2) is 6.08. The van der Waals surface area contributed by atoms with E-state index in [0.717, 1.165) is 0 Å². The summed E-state index contributed by atoms with van der Waals surface area (Å²) >= 11 is 0. The minimum absolute atomic E-state index is 0.0814. The van der Waals surface area contributed by atoms with Crippen LogP contribution < -0.4 is 0 Å². The van der Waals surface area contributed by atoms with E-state index >= 15 is 0 Å². The quantitative estimate of drug-likeness (QED) is 0.802. The molecule has 0 amide bonds. The molecule has 0 N–H and O–H groups in total. The predicted molar refractivity (Wildman–Crippen MR) is 82.3 cm³/mol. The van der Waals surface area contributed by atoms with Crippen LogP contribution in [0.15, 0.2) is 35.4 Å². The lowest BCUT2D eigenvalue weighted by atomic mass is 9.78. The van der Waals surface area contributed by atoms with Crippen molar-refractivity contribution in [1.82, 2.24) is 0 Å². The van der Waals surface area contributed by atoms with E-state index in [0.29, 0.717) is 28.9 Å². The van der Waals surface area contributed by atoms with Gasteiger partial charge in [-0.05, 0) is 13.8 Å². The van der Waals surface area contributed by atoms with E-state index < -0.39 is 12.2 Å². The van der Waals surface area contributed by atoms with E-state index in [1.54, 1.807) is 38.1 Å². The van der Waals surface area contributed by atoms with E-state index in [9.17, 15) is 14.4 Å². The SMILES string of the molecule is CCOC(=O)C[C@@H]1CC2=C(C(=O)c3ccccc3C2=O)[C@@H](C)O1. The second-order valence-corrected chi connectivity index (χ2v) is 5.71. The Bertz CT molecular complexity index is 716. The fourth-order valence-electron chi connectivity index (χ4n) is 3.24. The molecule has 5 nitrogen and oxygen atoms in total. The van der Waals surface area contributed by atoms with Crippen LogP contribution in [0.5, 0.6) is 0 Å². The fraction of sp³-hybridized carbons (Fsp3) is 0.389. The van der Waals surface area contributed by atoms with Crippen LogP contribution >= 0.6 is 0 Å². The first-order valence-corrected chi connectivity index (χ1v) is 7.75. The first-order chi connectivity index (χ1) is 11.0. The molecule has 1 aliphatic carbocycles. The maximum Gasteiger partial charge on any atom is 0.308 e. The van der Waals surface area contributed by atoms with Crippen molar-refractivity contribution < 1.29 is 23.9 Å². The number of hydrogen-bond acceptors (Lipinski definition) is 5. The van der Waals surface area contributed by atoms with Crippen LogP contribution in [0, 0.1) is 0 Å². The molecule has 0 aromatic heterocycles. The summed E-state index contributed by atoms with van der Waals surface area (Å²) in [4.78, 5) is 37.0. The monoisotopic (exact) mass is 314 g/mol. The molecule has 1 heterocycles. The van der Waals surface area contributed by atoms with Crippen molar-refractivity contribution in [2.24, 2.45) is 0 Å². The Labute approximate surface area is 134 Å². The van der Waals surface area contributed by atoms with Gasteiger partial charge < -0.3 is 9.47 Å². The van der Waals surface area contributed by atoms with Gasteiger partial charge in [0.15, 0.2) is 11.6 Å². The van der Waals surface area contributed by atoms with Crippen molar-refractivity contribution in [3.63, 3.8) is 0 Å². The van der Waals surface area contributed by atoms with Crippen LogP contribution in [-0.4, -0.2) is 36.4 Å². The molecule has 0 spiro atoms. The van der Waals surface area contributed by atoms with E-state index in [2.05, 4.69) is 0 Å². The Hall–Kier alpha value is -2.27. The third-order valence-electron chi connectivity index (χ3n) is 4.19. The van der Waals surface area contributed by atoms with Gasteiger partial charge in [-0.3, -0.25) is 14.4 Å². The Morgan fingerprint density at radius 1 is 1.22 bits per heavy atom. The summed E-state index contributed by atoms with van der Waals surface area (Å²) in [6.07, 6.45) is -0.608. The summed E-state index contributed by atoms with van der Waals surface area (Å²) in [6, 6.07) is 6.82. The molecule has 0 saturated heterocycles. The molecule has 0 fully saturated rings. The summed E-state index contributed by atoms with van der Waals surface area (Å²) < 4.78 is 10.7. The van der Waals surface area contributed by atoms with Gasteiger partial charge in [0.25, 0.3) is 0 Å². The Kier molecular flexibility index (Phi) is 4.13. The molecular formula is C18H18O5. The number of ketones is 2. The molecule has 5 heteroatoms. The first kappa shape index (κ1) is 15.6. The molecule has 0 radical (unpaired) electrons. The third-order valence-corrected chi connectivity index (χ3v) is 4.19. The number of hydrogen-bond donors (Lipinski definition) is 0. The maximum absolute atomic E-state index is 12.7. The lowest BCUT2D eigenvalue weighted by molar-refractivity contribution is -0.147. The summed E-state index contributed by atoms with van der Waals surface area (Å²) in [7, 11) is 0. The van der Waals surface area contributed by atoms with Gasteiger partial charge >= 0.3 is 5.97 Å². The molecule has 1 aromatic rings. The van der Waals surface area contributed by atoms with Crippen LogP contribution in [0.2, 0.25) is 0 Å². The van der Waals surface area contributed by atoms with Gasteiger partial charge in [-0.2, -0.15) is 0 Å². The number of esters is 1. The number of Topliss-reactive ketones (excluding diaryl/α,β-unsaturated/α-hetero) is 2. The fourth-order valence-corrected chi connectivity index (χ4v) is 3.24. The van der Waals surface area contributed by atoms with Crippen molar-refractivity contribution in [1.29, 1.82) is 0 Å². The third kappa shape index (κ3) is 2.72. The van der Waals surface area contributed by atoms with Crippen LogP contribution in [0.1, 0.15) is 47.4 Å². The molecule has 3 rings (SSSR count). The van der Waals surface area contributed by atoms with Crippen molar-refractivity contribution in [3.05, 3.63) is 46.5 Å². The zero-order valence-corrected chi connectivity index (χ0v) is 13.1. The number of rotatable bonds is 3. The number of carbonyl (C=O) groups is 3.